The predicted octanol–water partition coefficient (Wildman–Crippen LogP) is 2.14. The fourth-order valence-electron chi connectivity index (χ4n) is 3.72. The lowest BCUT2D eigenvalue weighted by atomic mass is 9.94. The van der Waals surface area contributed by atoms with Crippen molar-refractivity contribution >= 4 is 17.4 Å². The maximum absolute atomic E-state index is 13.1. The van der Waals surface area contributed by atoms with Crippen molar-refractivity contribution in [3.05, 3.63) is 59.2 Å². The number of nitrogens with zero attached hydrogens (tertiary/aromatic N) is 1. The molecular weight excluding hydrogens is 430 g/mol. The van der Waals surface area contributed by atoms with Crippen molar-refractivity contribution in [2.24, 2.45) is 0 Å². The first-order valence-electron chi connectivity index (χ1n) is 10.3. The summed E-state index contributed by atoms with van der Waals surface area (Å²) >= 11 is 0. The summed E-state index contributed by atoms with van der Waals surface area (Å²) in [5.41, 5.74) is 0.768. The molecule has 1 amide bonds. The molecule has 9 nitrogen and oxygen atoms in total. The first kappa shape index (κ1) is 24.1. The van der Waals surface area contributed by atoms with Crippen LogP contribution in [0.5, 0.6) is 17.2 Å². The quantitative estimate of drug-likeness (QED) is 0.241. The number of benzene rings is 2. The molecule has 0 aromatic heterocycles. The number of ether oxygens (including phenoxy) is 4. The molecule has 1 unspecified atom stereocenters. The Bertz CT molecular complexity index is 1030. The number of carbonyl (C=O) groups excluding carboxylic acids is 2. The van der Waals surface area contributed by atoms with E-state index in [9.17, 15) is 14.7 Å². The molecule has 1 aliphatic rings. The number of amides is 1. The van der Waals surface area contributed by atoms with E-state index in [2.05, 4.69) is 0 Å². The van der Waals surface area contributed by atoms with Crippen LogP contribution < -0.4 is 14.2 Å². The number of aliphatic hydroxyl groups excluding tert-OH is 2. The van der Waals surface area contributed by atoms with Gasteiger partial charge in [0.2, 0.25) is 0 Å². The molecule has 1 aliphatic heterocycles. The van der Waals surface area contributed by atoms with Crippen LogP contribution in [0.15, 0.2) is 48.0 Å². The zero-order valence-electron chi connectivity index (χ0n) is 18.7. The molecule has 176 valence electrons. The molecule has 0 aliphatic carbocycles. The minimum Gasteiger partial charge on any atom is -0.507 e. The molecule has 0 radical (unpaired) electrons. The highest BCUT2D eigenvalue weighted by atomic mass is 16.5. The molecule has 1 fully saturated rings. The van der Waals surface area contributed by atoms with Gasteiger partial charge in [0.15, 0.2) is 0 Å². The molecule has 9 heteroatoms. The van der Waals surface area contributed by atoms with Gasteiger partial charge in [-0.2, -0.15) is 0 Å². The summed E-state index contributed by atoms with van der Waals surface area (Å²) in [5.74, 6) is -0.404. The second-order valence-electron chi connectivity index (χ2n) is 7.16. The van der Waals surface area contributed by atoms with E-state index in [1.165, 1.54) is 26.2 Å². The van der Waals surface area contributed by atoms with E-state index in [-0.39, 0.29) is 37.7 Å². The summed E-state index contributed by atoms with van der Waals surface area (Å²) in [7, 11) is 4.50. The van der Waals surface area contributed by atoms with Gasteiger partial charge in [0, 0.05) is 17.7 Å². The molecule has 2 aromatic rings. The lowest BCUT2D eigenvalue weighted by Crippen LogP contribution is -2.33. The molecule has 1 atom stereocenters. The molecular formula is C24H27NO8. The Morgan fingerprint density at radius 2 is 1.61 bits per heavy atom. The van der Waals surface area contributed by atoms with Crippen molar-refractivity contribution in [1.29, 1.82) is 0 Å². The summed E-state index contributed by atoms with van der Waals surface area (Å²) in [6.07, 6.45) is 0. The van der Waals surface area contributed by atoms with E-state index in [4.69, 9.17) is 24.1 Å². The van der Waals surface area contributed by atoms with E-state index < -0.39 is 17.7 Å². The van der Waals surface area contributed by atoms with Gasteiger partial charge in [-0.15, -0.1) is 0 Å². The Morgan fingerprint density at radius 3 is 2.21 bits per heavy atom. The van der Waals surface area contributed by atoms with Gasteiger partial charge >= 0.3 is 0 Å². The zero-order chi connectivity index (χ0) is 24.0. The molecule has 0 saturated carbocycles. The number of hydrogen-bond donors (Lipinski definition) is 2. The van der Waals surface area contributed by atoms with Crippen molar-refractivity contribution in [2.45, 2.75) is 6.04 Å². The number of carbonyl (C=O) groups is 2. The minimum atomic E-state index is -0.935. The summed E-state index contributed by atoms with van der Waals surface area (Å²) < 4.78 is 21.3. The van der Waals surface area contributed by atoms with Crippen LogP contribution in [0, 0.1) is 0 Å². The number of ketones is 1. The fourth-order valence-corrected chi connectivity index (χ4v) is 3.72. The van der Waals surface area contributed by atoms with E-state index in [0.29, 0.717) is 28.4 Å². The second-order valence-corrected chi connectivity index (χ2v) is 7.16. The topological polar surface area (TPSA) is 115 Å². The lowest BCUT2D eigenvalue weighted by molar-refractivity contribution is -0.140. The van der Waals surface area contributed by atoms with Gasteiger partial charge in [0.05, 0.1) is 52.8 Å². The van der Waals surface area contributed by atoms with Gasteiger partial charge in [0.25, 0.3) is 11.7 Å². The smallest absolute Gasteiger partial charge is 0.295 e. The monoisotopic (exact) mass is 457 g/mol. The Morgan fingerprint density at radius 1 is 0.939 bits per heavy atom. The predicted molar refractivity (Wildman–Crippen MR) is 119 cm³/mol. The third kappa shape index (κ3) is 4.94. The van der Waals surface area contributed by atoms with Crippen LogP contribution >= 0.6 is 0 Å². The van der Waals surface area contributed by atoms with Crippen LogP contribution in [0.2, 0.25) is 0 Å². The van der Waals surface area contributed by atoms with Gasteiger partial charge in [-0.1, -0.05) is 0 Å². The molecule has 1 heterocycles. The van der Waals surface area contributed by atoms with Crippen LogP contribution in [0.3, 0.4) is 0 Å². The van der Waals surface area contributed by atoms with Crippen LogP contribution in [0.4, 0.5) is 0 Å². The zero-order valence-corrected chi connectivity index (χ0v) is 18.7. The lowest BCUT2D eigenvalue weighted by Gasteiger charge is -2.26. The first-order valence-corrected chi connectivity index (χ1v) is 10.3. The van der Waals surface area contributed by atoms with Gasteiger partial charge in [-0.05, 0) is 42.5 Å². The highest BCUT2D eigenvalue weighted by Gasteiger charge is 2.47. The SMILES string of the molecule is COc1ccc(/C(O)=C2\C(=O)C(=O)N(CCOCCO)C2c2cc(OC)ccc2OC)cc1. The summed E-state index contributed by atoms with van der Waals surface area (Å²) in [5, 5.41) is 20.1. The number of likely N-dealkylation sites (tertiary alicyclic amines) is 1. The normalized spacial score (nSPS) is 17.3. The largest absolute Gasteiger partial charge is 0.507 e. The molecule has 0 bridgehead atoms. The summed E-state index contributed by atoms with van der Waals surface area (Å²) in [4.78, 5) is 27.4. The van der Waals surface area contributed by atoms with E-state index in [1.54, 1.807) is 42.5 Å². The standard InChI is InChI=1S/C24H27NO8/c1-30-16-6-4-15(5-7-16)22(27)20-21(18-14-17(31-2)8-9-19(18)32-3)25(24(29)23(20)28)10-12-33-13-11-26/h4-9,14,21,26-27H,10-13H2,1-3H3/b22-20+. The highest BCUT2D eigenvalue weighted by Crippen LogP contribution is 2.43. The molecule has 2 N–H and O–H groups in total. The summed E-state index contributed by atoms with van der Waals surface area (Å²) in [6, 6.07) is 10.6. The van der Waals surface area contributed by atoms with Crippen LogP contribution in [0.1, 0.15) is 17.2 Å². The number of rotatable bonds is 10. The van der Waals surface area contributed by atoms with E-state index in [0.717, 1.165) is 0 Å². The van der Waals surface area contributed by atoms with E-state index >= 15 is 0 Å². The molecule has 0 spiro atoms. The van der Waals surface area contributed by atoms with Crippen LogP contribution in [0.25, 0.3) is 5.76 Å². The molecule has 3 rings (SSSR count). The van der Waals surface area contributed by atoms with Crippen molar-refractivity contribution in [3.8, 4) is 17.2 Å². The second kappa shape index (κ2) is 10.8. The third-order valence-electron chi connectivity index (χ3n) is 5.35. The Kier molecular flexibility index (Phi) is 7.92. The number of hydrogen-bond acceptors (Lipinski definition) is 8. The third-order valence-corrected chi connectivity index (χ3v) is 5.35. The van der Waals surface area contributed by atoms with Crippen LogP contribution in [-0.2, 0) is 14.3 Å². The number of methoxy groups -OCH3 is 3. The van der Waals surface area contributed by atoms with Crippen molar-refractivity contribution in [3.63, 3.8) is 0 Å². The summed E-state index contributed by atoms with van der Waals surface area (Å²) in [6.45, 7) is 0.0975. The maximum atomic E-state index is 13.1. The van der Waals surface area contributed by atoms with Gasteiger partial charge in [-0.3, -0.25) is 9.59 Å². The van der Waals surface area contributed by atoms with Gasteiger partial charge in [-0.25, -0.2) is 0 Å². The molecule has 33 heavy (non-hydrogen) atoms. The van der Waals surface area contributed by atoms with Gasteiger partial charge < -0.3 is 34.1 Å². The highest BCUT2D eigenvalue weighted by molar-refractivity contribution is 6.46. The number of aliphatic hydroxyl groups is 2. The number of Topliss-reactive ketones (excluding diaryl/α,β-unsaturated/α-hetero) is 1. The van der Waals surface area contributed by atoms with Crippen LogP contribution in [-0.4, -0.2) is 74.5 Å². The Balaban J connectivity index is 2.15. The average molecular weight is 457 g/mol. The maximum Gasteiger partial charge on any atom is 0.295 e. The Labute approximate surface area is 191 Å². The molecule has 2 aromatic carbocycles. The van der Waals surface area contributed by atoms with Crippen molar-refractivity contribution in [2.75, 3.05) is 47.7 Å². The first-order chi connectivity index (χ1) is 16.0. The van der Waals surface area contributed by atoms with Crippen molar-refractivity contribution in [1.82, 2.24) is 4.90 Å². The molecule has 1 saturated heterocycles. The minimum absolute atomic E-state index is 0.0645. The average Bonchev–Trinajstić information content (AvgIpc) is 3.10. The van der Waals surface area contributed by atoms with Crippen molar-refractivity contribution < 1.29 is 38.7 Å². The fraction of sp³-hybridized carbons (Fsp3) is 0.333. The van der Waals surface area contributed by atoms with Gasteiger partial charge in [0.1, 0.15) is 23.0 Å². The van der Waals surface area contributed by atoms with E-state index in [1.807, 2.05) is 0 Å². The Hall–Kier alpha value is -3.56.